The van der Waals surface area contributed by atoms with E-state index in [1.165, 1.54) is 12.1 Å². The third-order valence-corrected chi connectivity index (χ3v) is 4.18. The highest BCUT2D eigenvalue weighted by molar-refractivity contribution is 9.10. The summed E-state index contributed by atoms with van der Waals surface area (Å²) in [5.41, 5.74) is 3.16. The Balaban J connectivity index is 1.54. The molecule has 0 spiro atoms. The molecule has 126 valence electrons. The fourth-order valence-electron chi connectivity index (χ4n) is 2.30. The Morgan fingerprint density at radius 2 is 2.00 bits per heavy atom. The van der Waals surface area contributed by atoms with E-state index in [2.05, 4.69) is 31.2 Å². The number of amides is 1. The largest absolute Gasteiger partial charge is 0.352 e. The van der Waals surface area contributed by atoms with Crippen LogP contribution in [0.4, 0.5) is 4.39 Å². The van der Waals surface area contributed by atoms with Crippen LogP contribution in [0.15, 0.2) is 59.2 Å². The lowest BCUT2D eigenvalue weighted by molar-refractivity contribution is -0.116. The highest BCUT2D eigenvalue weighted by atomic mass is 79.9. The van der Waals surface area contributed by atoms with Crippen LogP contribution in [0.2, 0.25) is 0 Å². The van der Waals surface area contributed by atoms with E-state index in [4.69, 9.17) is 0 Å². The van der Waals surface area contributed by atoms with E-state index in [-0.39, 0.29) is 11.7 Å². The number of para-hydroxylation sites is 2. The Hall–Kier alpha value is -2.60. The summed E-state index contributed by atoms with van der Waals surface area (Å²) in [6.07, 6.45) is 5.30. The molecule has 4 nitrogen and oxygen atoms in total. The standard InChI is InChI=1S/C19H15BrFN3O/c20-15-11-13(5-7-16(15)21)9-10-22-19(25)8-6-14-12-23-17-3-1-2-4-18(17)24-14/h1-8,11-12H,9-10H2,(H,22,25). The molecule has 0 atom stereocenters. The van der Waals surface area contributed by atoms with E-state index in [1.54, 1.807) is 24.4 Å². The molecule has 3 aromatic rings. The zero-order valence-corrected chi connectivity index (χ0v) is 14.8. The lowest BCUT2D eigenvalue weighted by atomic mass is 10.1. The van der Waals surface area contributed by atoms with Crippen molar-refractivity contribution in [2.75, 3.05) is 6.54 Å². The Morgan fingerprint density at radius 3 is 2.80 bits per heavy atom. The van der Waals surface area contributed by atoms with Crippen LogP contribution >= 0.6 is 15.9 Å². The van der Waals surface area contributed by atoms with Crippen molar-refractivity contribution in [3.63, 3.8) is 0 Å². The fraction of sp³-hybridized carbons (Fsp3) is 0.105. The first-order valence-electron chi connectivity index (χ1n) is 7.73. The molecule has 6 heteroatoms. The van der Waals surface area contributed by atoms with Crippen molar-refractivity contribution in [3.8, 4) is 0 Å². The van der Waals surface area contributed by atoms with E-state index >= 15 is 0 Å². The summed E-state index contributed by atoms with van der Waals surface area (Å²) in [7, 11) is 0. The van der Waals surface area contributed by atoms with Crippen molar-refractivity contribution in [2.45, 2.75) is 6.42 Å². The van der Waals surface area contributed by atoms with E-state index in [0.717, 1.165) is 16.6 Å². The molecule has 1 amide bonds. The summed E-state index contributed by atoms with van der Waals surface area (Å²) in [4.78, 5) is 20.6. The molecule has 0 bridgehead atoms. The highest BCUT2D eigenvalue weighted by Gasteiger charge is 2.02. The third-order valence-electron chi connectivity index (χ3n) is 3.57. The second kappa shape index (κ2) is 7.98. The van der Waals surface area contributed by atoms with Crippen LogP contribution in [0.5, 0.6) is 0 Å². The van der Waals surface area contributed by atoms with Gasteiger partial charge in [-0.15, -0.1) is 0 Å². The minimum absolute atomic E-state index is 0.212. The number of nitrogens with zero attached hydrogens (tertiary/aromatic N) is 2. The molecule has 1 aromatic heterocycles. The first kappa shape index (κ1) is 17.2. The van der Waals surface area contributed by atoms with Gasteiger partial charge in [0.05, 0.1) is 27.4 Å². The average Bonchev–Trinajstić information content (AvgIpc) is 2.63. The number of fused-ring (bicyclic) bond motifs is 1. The quantitative estimate of drug-likeness (QED) is 0.661. The predicted molar refractivity (Wildman–Crippen MR) is 99.4 cm³/mol. The van der Waals surface area contributed by atoms with Crippen LogP contribution < -0.4 is 5.32 Å². The molecule has 0 aliphatic heterocycles. The van der Waals surface area contributed by atoms with Crippen LogP contribution in [0.3, 0.4) is 0 Å². The van der Waals surface area contributed by atoms with Crippen molar-refractivity contribution >= 4 is 38.9 Å². The molecule has 0 fully saturated rings. The molecular formula is C19H15BrFN3O. The second-order valence-electron chi connectivity index (χ2n) is 5.41. The molecule has 0 unspecified atom stereocenters. The van der Waals surface area contributed by atoms with E-state index in [1.807, 2.05) is 24.3 Å². The molecule has 0 radical (unpaired) electrons. The topological polar surface area (TPSA) is 54.9 Å². The summed E-state index contributed by atoms with van der Waals surface area (Å²) < 4.78 is 13.6. The SMILES string of the molecule is O=C(C=Cc1cnc2ccccc2n1)NCCc1ccc(F)c(Br)c1. The van der Waals surface area contributed by atoms with Gasteiger partial charge in [-0.25, -0.2) is 9.37 Å². The summed E-state index contributed by atoms with van der Waals surface area (Å²) in [5.74, 6) is -0.511. The first-order chi connectivity index (χ1) is 12.1. The van der Waals surface area contributed by atoms with Crippen LogP contribution in [-0.4, -0.2) is 22.4 Å². The highest BCUT2D eigenvalue weighted by Crippen LogP contribution is 2.16. The Kier molecular flexibility index (Phi) is 5.50. The van der Waals surface area contributed by atoms with Gasteiger partial charge in [0.2, 0.25) is 5.91 Å². The summed E-state index contributed by atoms with van der Waals surface area (Å²) in [6.45, 7) is 0.463. The van der Waals surface area contributed by atoms with Gasteiger partial charge in [0.25, 0.3) is 0 Å². The molecule has 0 aliphatic rings. The number of halogens is 2. The van der Waals surface area contributed by atoms with Crippen LogP contribution in [0, 0.1) is 5.82 Å². The Labute approximate surface area is 152 Å². The van der Waals surface area contributed by atoms with Crippen molar-refractivity contribution in [1.29, 1.82) is 0 Å². The molecule has 25 heavy (non-hydrogen) atoms. The van der Waals surface area contributed by atoms with Crippen LogP contribution in [-0.2, 0) is 11.2 Å². The van der Waals surface area contributed by atoms with E-state index in [9.17, 15) is 9.18 Å². The number of nitrogens with one attached hydrogen (secondary N) is 1. The molecule has 0 saturated carbocycles. The Bertz CT molecular complexity index is 943. The molecule has 2 aromatic carbocycles. The smallest absolute Gasteiger partial charge is 0.244 e. The molecule has 1 N–H and O–H groups in total. The second-order valence-corrected chi connectivity index (χ2v) is 6.26. The zero-order valence-electron chi connectivity index (χ0n) is 13.2. The normalized spacial score (nSPS) is 11.1. The minimum atomic E-state index is -0.299. The monoisotopic (exact) mass is 399 g/mol. The summed E-state index contributed by atoms with van der Waals surface area (Å²) in [6, 6.07) is 12.4. The van der Waals surface area contributed by atoms with Crippen molar-refractivity contribution in [2.24, 2.45) is 0 Å². The maximum absolute atomic E-state index is 13.2. The maximum Gasteiger partial charge on any atom is 0.244 e. The number of carbonyl (C=O) groups is 1. The van der Waals surface area contributed by atoms with Crippen molar-refractivity contribution in [3.05, 3.63) is 76.3 Å². The maximum atomic E-state index is 13.2. The number of carbonyl (C=O) groups excluding carboxylic acids is 1. The Morgan fingerprint density at radius 1 is 1.20 bits per heavy atom. The third kappa shape index (κ3) is 4.70. The number of aromatic nitrogens is 2. The lowest BCUT2D eigenvalue weighted by Crippen LogP contribution is -2.23. The van der Waals surface area contributed by atoms with Crippen LogP contribution in [0.1, 0.15) is 11.3 Å². The summed E-state index contributed by atoms with van der Waals surface area (Å²) >= 11 is 3.15. The van der Waals surface area contributed by atoms with Gasteiger partial charge in [0.15, 0.2) is 0 Å². The van der Waals surface area contributed by atoms with Crippen molar-refractivity contribution in [1.82, 2.24) is 15.3 Å². The lowest BCUT2D eigenvalue weighted by Gasteiger charge is -2.04. The van der Waals surface area contributed by atoms with Gasteiger partial charge in [-0.1, -0.05) is 18.2 Å². The summed E-state index contributed by atoms with van der Waals surface area (Å²) in [5, 5.41) is 2.79. The van der Waals surface area contributed by atoms with E-state index < -0.39 is 0 Å². The van der Waals surface area contributed by atoms with Gasteiger partial charge in [-0.05, 0) is 58.3 Å². The predicted octanol–water partition coefficient (Wildman–Crippen LogP) is 3.90. The number of benzene rings is 2. The van der Waals surface area contributed by atoms with Crippen molar-refractivity contribution < 1.29 is 9.18 Å². The van der Waals surface area contributed by atoms with Gasteiger partial charge in [-0.3, -0.25) is 9.78 Å². The van der Waals surface area contributed by atoms with Crippen LogP contribution in [0.25, 0.3) is 17.1 Å². The number of hydrogen-bond donors (Lipinski definition) is 1. The average molecular weight is 400 g/mol. The zero-order chi connectivity index (χ0) is 17.6. The molecule has 0 aliphatic carbocycles. The number of hydrogen-bond acceptors (Lipinski definition) is 3. The van der Waals surface area contributed by atoms with E-state index in [0.29, 0.717) is 23.1 Å². The molecule has 3 rings (SSSR count). The fourth-order valence-corrected chi connectivity index (χ4v) is 2.72. The van der Waals surface area contributed by atoms with Gasteiger partial charge in [-0.2, -0.15) is 0 Å². The van der Waals surface area contributed by atoms with Gasteiger partial charge in [0, 0.05) is 12.6 Å². The molecule has 0 saturated heterocycles. The van der Waals surface area contributed by atoms with Gasteiger partial charge < -0.3 is 5.32 Å². The molecule has 1 heterocycles. The molecular weight excluding hydrogens is 385 g/mol. The minimum Gasteiger partial charge on any atom is -0.352 e. The van der Waals surface area contributed by atoms with Gasteiger partial charge in [0.1, 0.15) is 5.82 Å². The van der Waals surface area contributed by atoms with Gasteiger partial charge >= 0.3 is 0 Å². The first-order valence-corrected chi connectivity index (χ1v) is 8.53. The number of rotatable bonds is 5.